The van der Waals surface area contributed by atoms with Gasteiger partial charge in [0, 0.05) is 0 Å². The molecule has 0 aromatic heterocycles. The fourth-order valence-corrected chi connectivity index (χ4v) is 1.66. The maximum atomic E-state index is 10.8. The van der Waals surface area contributed by atoms with Crippen LogP contribution >= 0.6 is 0 Å². The van der Waals surface area contributed by atoms with Gasteiger partial charge in [-0.1, -0.05) is 13.3 Å². The summed E-state index contributed by atoms with van der Waals surface area (Å²) in [4.78, 5) is 12.6. The van der Waals surface area contributed by atoms with Crippen LogP contribution in [0.5, 0.6) is 0 Å². The van der Waals surface area contributed by atoms with E-state index in [1.807, 2.05) is 4.90 Å². The summed E-state index contributed by atoms with van der Waals surface area (Å²) >= 11 is 0. The molecule has 2 rings (SSSR count). The molecule has 0 aromatic rings. The average molecular weight is 141 g/mol. The molecule has 10 heavy (non-hydrogen) atoms. The summed E-state index contributed by atoms with van der Waals surface area (Å²) < 4.78 is 4.78. The molecule has 3 heteroatoms. The van der Waals surface area contributed by atoms with Gasteiger partial charge in [0.1, 0.15) is 6.61 Å². The third-order valence-electron chi connectivity index (χ3n) is 2.24. The highest BCUT2D eigenvalue weighted by molar-refractivity contribution is 5.74. The van der Waals surface area contributed by atoms with Crippen LogP contribution in [0.1, 0.15) is 19.8 Å². The first-order valence-corrected chi connectivity index (χ1v) is 3.79. The zero-order valence-corrected chi connectivity index (χ0v) is 6.04. The van der Waals surface area contributed by atoms with E-state index in [0.717, 1.165) is 12.8 Å². The van der Waals surface area contributed by atoms with E-state index < -0.39 is 0 Å². The number of carbonyl (C=O) groups is 1. The minimum absolute atomic E-state index is 0.108. The third kappa shape index (κ3) is 0.632. The van der Waals surface area contributed by atoms with Gasteiger partial charge in [-0.3, -0.25) is 4.90 Å². The Labute approximate surface area is 60.0 Å². The average Bonchev–Trinajstić information content (AvgIpc) is 2.45. The molecule has 2 heterocycles. The van der Waals surface area contributed by atoms with Crippen LogP contribution in [-0.4, -0.2) is 29.7 Å². The maximum absolute atomic E-state index is 10.8. The Kier molecular flexibility index (Phi) is 1.13. The molecule has 3 nitrogen and oxygen atoms in total. The van der Waals surface area contributed by atoms with Gasteiger partial charge in [-0.2, -0.15) is 0 Å². The number of carbonyl (C=O) groups excluding carboxylic acids is 1. The molecule has 1 amide bonds. The lowest BCUT2D eigenvalue weighted by Crippen LogP contribution is -2.11. The molecule has 0 spiro atoms. The highest BCUT2D eigenvalue weighted by Crippen LogP contribution is 2.37. The molecule has 56 valence electrons. The summed E-state index contributed by atoms with van der Waals surface area (Å²) in [5, 5.41) is 0. The number of cyclic esters (lactones) is 1. The van der Waals surface area contributed by atoms with Crippen LogP contribution in [-0.2, 0) is 4.74 Å². The Morgan fingerprint density at radius 3 is 3.10 bits per heavy atom. The Bertz CT molecular complexity index is 169. The summed E-state index contributed by atoms with van der Waals surface area (Å²) in [6, 6.07) is 0.957. The number of hydrogen-bond acceptors (Lipinski definition) is 2. The van der Waals surface area contributed by atoms with E-state index >= 15 is 0 Å². The molecule has 2 aliphatic rings. The molecule has 0 N–H and O–H groups in total. The fourth-order valence-electron chi connectivity index (χ4n) is 1.66. The van der Waals surface area contributed by atoms with Crippen LogP contribution in [0.15, 0.2) is 0 Å². The van der Waals surface area contributed by atoms with E-state index in [-0.39, 0.29) is 6.09 Å². The number of fused-ring (bicyclic) bond motifs is 1. The lowest BCUT2D eigenvalue weighted by atomic mass is 10.2. The Morgan fingerprint density at radius 1 is 1.80 bits per heavy atom. The normalized spacial score (nSPS) is 35.7. The smallest absolute Gasteiger partial charge is 0.410 e. The maximum Gasteiger partial charge on any atom is 0.410 e. The predicted octanol–water partition coefficient (Wildman–Crippen LogP) is 0.990. The van der Waals surface area contributed by atoms with E-state index in [9.17, 15) is 4.79 Å². The molecule has 0 aliphatic carbocycles. The molecule has 2 fully saturated rings. The molecule has 2 saturated heterocycles. The number of ether oxygens (including phenoxy) is 1. The second-order valence-electron chi connectivity index (χ2n) is 2.91. The van der Waals surface area contributed by atoms with Gasteiger partial charge in [0.25, 0.3) is 0 Å². The SMILES string of the molecule is CCC[C@H]1[C@H]2COC(=O)N21. The van der Waals surface area contributed by atoms with Crippen molar-refractivity contribution in [3.63, 3.8) is 0 Å². The Balaban J connectivity index is 1.92. The molecular formula is C7H11NO2. The van der Waals surface area contributed by atoms with Crippen molar-refractivity contribution < 1.29 is 9.53 Å². The van der Waals surface area contributed by atoms with E-state index in [4.69, 9.17) is 4.74 Å². The monoisotopic (exact) mass is 141 g/mol. The van der Waals surface area contributed by atoms with Gasteiger partial charge < -0.3 is 4.74 Å². The van der Waals surface area contributed by atoms with Gasteiger partial charge in [-0.05, 0) is 6.42 Å². The first kappa shape index (κ1) is 6.01. The van der Waals surface area contributed by atoms with Crippen LogP contribution in [0.3, 0.4) is 0 Å². The molecule has 0 bridgehead atoms. The van der Waals surface area contributed by atoms with Crippen molar-refractivity contribution in [1.29, 1.82) is 0 Å². The second kappa shape index (κ2) is 1.87. The van der Waals surface area contributed by atoms with Crippen molar-refractivity contribution >= 4 is 6.09 Å². The third-order valence-corrected chi connectivity index (χ3v) is 2.24. The summed E-state index contributed by atoms with van der Waals surface area (Å²) in [6.07, 6.45) is 2.19. The van der Waals surface area contributed by atoms with Crippen LogP contribution in [0.2, 0.25) is 0 Å². The van der Waals surface area contributed by atoms with Gasteiger partial charge in [-0.15, -0.1) is 0 Å². The van der Waals surface area contributed by atoms with Gasteiger partial charge in [0.05, 0.1) is 12.1 Å². The molecule has 2 aliphatic heterocycles. The quantitative estimate of drug-likeness (QED) is 0.536. The predicted molar refractivity (Wildman–Crippen MR) is 35.7 cm³/mol. The first-order chi connectivity index (χ1) is 4.84. The molecule has 0 saturated carbocycles. The van der Waals surface area contributed by atoms with Gasteiger partial charge in [0.15, 0.2) is 0 Å². The number of amides is 1. The molecule has 0 unspecified atom stereocenters. The molecule has 0 aromatic carbocycles. The summed E-state index contributed by atoms with van der Waals surface area (Å²) in [5.41, 5.74) is 0. The van der Waals surface area contributed by atoms with E-state index in [0.29, 0.717) is 18.7 Å². The number of nitrogens with zero attached hydrogens (tertiary/aromatic N) is 1. The summed E-state index contributed by atoms with van der Waals surface area (Å²) in [7, 11) is 0. The molecule has 2 atom stereocenters. The lowest BCUT2D eigenvalue weighted by molar-refractivity contribution is 0.154. The number of hydrogen-bond donors (Lipinski definition) is 0. The first-order valence-electron chi connectivity index (χ1n) is 3.79. The van der Waals surface area contributed by atoms with Crippen molar-refractivity contribution in [2.24, 2.45) is 0 Å². The van der Waals surface area contributed by atoms with Crippen molar-refractivity contribution in [2.75, 3.05) is 6.61 Å². The van der Waals surface area contributed by atoms with Crippen molar-refractivity contribution in [1.82, 2.24) is 4.90 Å². The van der Waals surface area contributed by atoms with Gasteiger partial charge in [0.2, 0.25) is 0 Å². The van der Waals surface area contributed by atoms with Crippen LogP contribution in [0.25, 0.3) is 0 Å². The van der Waals surface area contributed by atoms with E-state index in [2.05, 4.69) is 6.92 Å². The number of rotatable bonds is 2. The highest BCUT2D eigenvalue weighted by atomic mass is 16.6. The highest BCUT2D eigenvalue weighted by Gasteiger charge is 2.56. The van der Waals surface area contributed by atoms with Crippen LogP contribution in [0.4, 0.5) is 4.79 Å². The largest absolute Gasteiger partial charge is 0.447 e. The van der Waals surface area contributed by atoms with Crippen molar-refractivity contribution in [3.8, 4) is 0 Å². The van der Waals surface area contributed by atoms with E-state index in [1.54, 1.807) is 0 Å². The molecule has 0 radical (unpaired) electrons. The van der Waals surface area contributed by atoms with Crippen LogP contribution in [0, 0.1) is 0 Å². The zero-order valence-electron chi connectivity index (χ0n) is 6.04. The zero-order chi connectivity index (χ0) is 7.14. The van der Waals surface area contributed by atoms with Crippen LogP contribution < -0.4 is 0 Å². The van der Waals surface area contributed by atoms with Crippen molar-refractivity contribution in [2.45, 2.75) is 31.8 Å². The Hall–Kier alpha value is -0.730. The topological polar surface area (TPSA) is 29.3 Å². The summed E-state index contributed by atoms with van der Waals surface area (Å²) in [5.74, 6) is 0. The Morgan fingerprint density at radius 2 is 2.60 bits per heavy atom. The van der Waals surface area contributed by atoms with Gasteiger partial charge in [-0.25, -0.2) is 4.79 Å². The fraction of sp³-hybridized carbons (Fsp3) is 0.857. The minimum Gasteiger partial charge on any atom is -0.447 e. The van der Waals surface area contributed by atoms with Gasteiger partial charge >= 0.3 is 6.09 Å². The van der Waals surface area contributed by atoms with Crippen molar-refractivity contribution in [3.05, 3.63) is 0 Å². The molecular weight excluding hydrogens is 130 g/mol. The summed E-state index contributed by atoms with van der Waals surface area (Å²) in [6.45, 7) is 2.77. The van der Waals surface area contributed by atoms with E-state index in [1.165, 1.54) is 0 Å². The standard InChI is InChI=1S/C7H11NO2/c1-2-3-5-6-4-10-7(9)8(5)6/h5-6H,2-4H2,1H3/t5-,6+,8?/m0/s1. The lowest BCUT2D eigenvalue weighted by Gasteiger charge is -1.99. The minimum atomic E-state index is -0.108. The second-order valence-corrected chi connectivity index (χ2v) is 2.91.